The van der Waals surface area contributed by atoms with Gasteiger partial charge < -0.3 is 16.8 Å². The number of primary amides is 1. The first kappa shape index (κ1) is 12.3. The van der Waals surface area contributed by atoms with Crippen LogP contribution in [-0.2, 0) is 4.79 Å². The third-order valence-electron chi connectivity index (χ3n) is 1.91. The van der Waals surface area contributed by atoms with Crippen molar-refractivity contribution in [2.75, 3.05) is 5.73 Å². The highest BCUT2D eigenvalue weighted by Gasteiger charge is 2.14. The number of pyridine rings is 1. The van der Waals surface area contributed by atoms with Gasteiger partial charge in [0.1, 0.15) is 11.9 Å². The lowest BCUT2D eigenvalue weighted by Crippen LogP contribution is -2.42. The molecule has 16 heavy (non-hydrogen) atoms. The van der Waals surface area contributed by atoms with E-state index < -0.39 is 17.9 Å². The number of aromatic nitrogens is 1. The van der Waals surface area contributed by atoms with E-state index in [1.165, 1.54) is 19.2 Å². The van der Waals surface area contributed by atoms with Crippen LogP contribution in [0.1, 0.15) is 17.3 Å². The summed E-state index contributed by atoms with van der Waals surface area (Å²) in [6, 6.07) is 0.608. The van der Waals surface area contributed by atoms with Gasteiger partial charge in [0.15, 0.2) is 0 Å². The number of amides is 2. The maximum Gasteiger partial charge on any atom is 0.253 e. The van der Waals surface area contributed by atoms with Gasteiger partial charge in [-0.15, -0.1) is 0 Å². The fourth-order valence-electron chi connectivity index (χ4n) is 0.924. The van der Waals surface area contributed by atoms with E-state index in [0.717, 1.165) is 0 Å². The third kappa shape index (κ3) is 2.83. The summed E-state index contributed by atoms with van der Waals surface area (Å²) in [6.07, 6.45) is 1.27. The van der Waals surface area contributed by atoms with Crippen LogP contribution >= 0.6 is 11.6 Å². The molecule has 0 aliphatic rings. The second-order valence-electron chi connectivity index (χ2n) is 3.19. The molecule has 5 N–H and O–H groups in total. The highest BCUT2D eigenvalue weighted by molar-refractivity contribution is 6.33. The lowest BCUT2D eigenvalue weighted by molar-refractivity contribution is -0.119. The quantitative estimate of drug-likeness (QED) is 0.688. The first-order valence-electron chi connectivity index (χ1n) is 4.43. The van der Waals surface area contributed by atoms with Crippen LogP contribution in [0.5, 0.6) is 0 Å². The standard InChI is InChI=1S/C9H11ClN4O2/c1-4(8(12)15)14-9(16)5-2-6(10)7(11)13-3-5/h2-4H,1H3,(H2,11,13)(H2,12,15)(H,14,16). The minimum absolute atomic E-state index is 0.140. The second kappa shape index (κ2) is 4.80. The van der Waals surface area contributed by atoms with Gasteiger partial charge in [-0.1, -0.05) is 11.6 Å². The molecule has 1 unspecified atom stereocenters. The molecule has 1 atom stereocenters. The van der Waals surface area contributed by atoms with Gasteiger partial charge in [-0.3, -0.25) is 9.59 Å². The van der Waals surface area contributed by atoms with Crippen molar-refractivity contribution in [1.29, 1.82) is 0 Å². The summed E-state index contributed by atoms with van der Waals surface area (Å²) < 4.78 is 0. The van der Waals surface area contributed by atoms with E-state index in [4.69, 9.17) is 23.1 Å². The molecular weight excluding hydrogens is 232 g/mol. The van der Waals surface area contributed by atoms with Crippen LogP contribution in [0.15, 0.2) is 12.3 Å². The Hall–Kier alpha value is -1.82. The smallest absolute Gasteiger partial charge is 0.253 e. The van der Waals surface area contributed by atoms with E-state index in [-0.39, 0.29) is 16.4 Å². The summed E-state index contributed by atoms with van der Waals surface area (Å²) in [5, 5.41) is 2.57. The van der Waals surface area contributed by atoms with Gasteiger partial charge in [0.05, 0.1) is 10.6 Å². The monoisotopic (exact) mass is 242 g/mol. The van der Waals surface area contributed by atoms with Crippen LogP contribution in [0.25, 0.3) is 0 Å². The van der Waals surface area contributed by atoms with Crippen LogP contribution in [-0.4, -0.2) is 22.8 Å². The minimum Gasteiger partial charge on any atom is -0.382 e. The van der Waals surface area contributed by atoms with Crippen molar-refractivity contribution in [1.82, 2.24) is 10.3 Å². The molecular formula is C9H11ClN4O2. The number of nitrogen functional groups attached to an aromatic ring is 1. The number of nitrogens with zero attached hydrogens (tertiary/aromatic N) is 1. The number of hydrogen-bond acceptors (Lipinski definition) is 4. The maximum absolute atomic E-state index is 11.6. The lowest BCUT2D eigenvalue weighted by atomic mass is 10.2. The summed E-state index contributed by atoms with van der Waals surface area (Å²) in [5.74, 6) is -0.968. The Morgan fingerprint density at radius 1 is 1.56 bits per heavy atom. The molecule has 0 bridgehead atoms. The highest BCUT2D eigenvalue weighted by Crippen LogP contribution is 2.16. The molecule has 1 heterocycles. The number of anilines is 1. The Morgan fingerprint density at radius 3 is 2.69 bits per heavy atom. The van der Waals surface area contributed by atoms with Gasteiger partial charge in [0.25, 0.3) is 5.91 Å². The van der Waals surface area contributed by atoms with Crippen molar-refractivity contribution in [2.45, 2.75) is 13.0 Å². The summed E-state index contributed by atoms with van der Waals surface area (Å²) >= 11 is 5.70. The Bertz CT molecular complexity index is 436. The number of hydrogen-bond donors (Lipinski definition) is 3. The number of nitrogens with two attached hydrogens (primary N) is 2. The molecule has 86 valence electrons. The fourth-order valence-corrected chi connectivity index (χ4v) is 1.09. The van der Waals surface area contributed by atoms with Crippen LogP contribution in [0.3, 0.4) is 0 Å². The Labute approximate surface area is 97.0 Å². The minimum atomic E-state index is -0.760. The largest absolute Gasteiger partial charge is 0.382 e. The molecule has 0 aromatic carbocycles. The molecule has 1 aromatic heterocycles. The van der Waals surface area contributed by atoms with Crippen LogP contribution in [0.4, 0.5) is 5.82 Å². The van der Waals surface area contributed by atoms with E-state index in [1.54, 1.807) is 0 Å². The Morgan fingerprint density at radius 2 is 2.19 bits per heavy atom. The van der Waals surface area contributed by atoms with Crippen molar-refractivity contribution in [2.24, 2.45) is 5.73 Å². The zero-order chi connectivity index (χ0) is 12.3. The lowest BCUT2D eigenvalue weighted by Gasteiger charge is -2.10. The second-order valence-corrected chi connectivity index (χ2v) is 3.60. The summed E-state index contributed by atoms with van der Waals surface area (Å²) in [6.45, 7) is 1.48. The van der Waals surface area contributed by atoms with E-state index in [1.807, 2.05) is 0 Å². The molecule has 7 heteroatoms. The van der Waals surface area contributed by atoms with Crippen LogP contribution in [0, 0.1) is 0 Å². The van der Waals surface area contributed by atoms with Gasteiger partial charge in [-0.05, 0) is 13.0 Å². The number of carbonyl (C=O) groups excluding carboxylic acids is 2. The van der Waals surface area contributed by atoms with Gasteiger partial charge in [0.2, 0.25) is 5.91 Å². The molecule has 1 rings (SSSR count). The molecule has 0 saturated heterocycles. The number of nitrogens with one attached hydrogen (secondary N) is 1. The van der Waals surface area contributed by atoms with E-state index in [0.29, 0.717) is 0 Å². The van der Waals surface area contributed by atoms with E-state index in [2.05, 4.69) is 10.3 Å². The first-order valence-corrected chi connectivity index (χ1v) is 4.81. The van der Waals surface area contributed by atoms with Crippen molar-refractivity contribution >= 4 is 29.2 Å². The Balaban J connectivity index is 2.81. The van der Waals surface area contributed by atoms with Crippen LogP contribution in [0.2, 0.25) is 5.02 Å². The third-order valence-corrected chi connectivity index (χ3v) is 2.21. The summed E-state index contributed by atoms with van der Waals surface area (Å²) in [7, 11) is 0. The maximum atomic E-state index is 11.6. The number of carbonyl (C=O) groups is 2. The van der Waals surface area contributed by atoms with Gasteiger partial charge in [0, 0.05) is 6.20 Å². The topological polar surface area (TPSA) is 111 Å². The normalized spacial score (nSPS) is 11.9. The first-order chi connectivity index (χ1) is 7.41. The average Bonchev–Trinajstić information content (AvgIpc) is 2.21. The van der Waals surface area contributed by atoms with Crippen molar-refractivity contribution in [3.8, 4) is 0 Å². The molecule has 6 nitrogen and oxygen atoms in total. The molecule has 0 aliphatic carbocycles. The SMILES string of the molecule is CC(NC(=O)c1cnc(N)c(Cl)c1)C(N)=O. The van der Waals surface area contributed by atoms with Gasteiger partial charge >= 0.3 is 0 Å². The molecule has 1 aromatic rings. The molecule has 0 radical (unpaired) electrons. The van der Waals surface area contributed by atoms with E-state index in [9.17, 15) is 9.59 Å². The predicted octanol–water partition coefficient (Wildman–Crippen LogP) is -0.0792. The zero-order valence-corrected chi connectivity index (χ0v) is 9.28. The number of rotatable bonds is 3. The Kier molecular flexibility index (Phi) is 3.68. The molecule has 0 aliphatic heterocycles. The zero-order valence-electron chi connectivity index (χ0n) is 8.53. The summed E-state index contributed by atoms with van der Waals surface area (Å²) in [5.41, 5.74) is 10.6. The molecule has 0 saturated carbocycles. The molecule has 0 spiro atoms. The molecule has 2 amide bonds. The average molecular weight is 243 g/mol. The van der Waals surface area contributed by atoms with Crippen molar-refractivity contribution in [3.05, 3.63) is 22.8 Å². The fraction of sp³-hybridized carbons (Fsp3) is 0.222. The van der Waals surface area contributed by atoms with Gasteiger partial charge in [-0.2, -0.15) is 0 Å². The van der Waals surface area contributed by atoms with Crippen molar-refractivity contribution < 1.29 is 9.59 Å². The van der Waals surface area contributed by atoms with E-state index >= 15 is 0 Å². The predicted molar refractivity (Wildman–Crippen MR) is 59.8 cm³/mol. The van der Waals surface area contributed by atoms with Crippen molar-refractivity contribution in [3.63, 3.8) is 0 Å². The molecule has 0 fully saturated rings. The van der Waals surface area contributed by atoms with Gasteiger partial charge in [-0.25, -0.2) is 4.98 Å². The number of halogens is 1. The van der Waals surface area contributed by atoms with Crippen LogP contribution < -0.4 is 16.8 Å². The highest BCUT2D eigenvalue weighted by atomic mass is 35.5. The summed E-state index contributed by atoms with van der Waals surface area (Å²) in [4.78, 5) is 26.0.